The molecule has 0 aliphatic rings. The minimum absolute atomic E-state index is 0.0449. The largest absolute Gasteiger partial charge is 0.384 e. The van der Waals surface area contributed by atoms with E-state index in [0.29, 0.717) is 5.56 Å². The molecular formula is C17H17F3O. The van der Waals surface area contributed by atoms with Gasteiger partial charge in [0.25, 0.3) is 0 Å². The molecule has 0 aromatic heterocycles. The first kappa shape index (κ1) is 15.6. The van der Waals surface area contributed by atoms with Crippen LogP contribution in [0.5, 0.6) is 0 Å². The van der Waals surface area contributed by atoms with Gasteiger partial charge in [-0.1, -0.05) is 51.1 Å². The van der Waals surface area contributed by atoms with E-state index in [0.717, 1.165) is 17.7 Å². The number of benzene rings is 2. The van der Waals surface area contributed by atoms with Gasteiger partial charge in [-0.25, -0.2) is 13.2 Å². The summed E-state index contributed by atoms with van der Waals surface area (Å²) in [5, 5.41) is 10.2. The lowest BCUT2D eigenvalue weighted by Gasteiger charge is -2.20. The molecule has 0 aliphatic carbocycles. The SMILES string of the molecule is CC(C)(C)c1ccc(C(O)c2ccc(F)c(F)c2F)cc1. The van der Waals surface area contributed by atoms with E-state index in [1.165, 1.54) is 0 Å². The van der Waals surface area contributed by atoms with E-state index in [9.17, 15) is 18.3 Å². The van der Waals surface area contributed by atoms with E-state index in [4.69, 9.17) is 0 Å². The zero-order chi connectivity index (χ0) is 15.8. The molecule has 0 spiro atoms. The van der Waals surface area contributed by atoms with Gasteiger partial charge in [0, 0.05) is 5.56 Å². The fourth-order valence-corrected chi connectivity index (χ4v) is 2.10. The van der Waals surface area contributed by atoms with E-state index in [1.54, 1.807) is 12.1 Å². The van der Waals surface area contributed by atoms with Crippen LogP contribution >= 0.6 is 0 Å². The number of aliphatic hydroxyl groups excluding tert-OH is 1. The monoisotopic (exact) mass is 294 g/mol. The molecule has 0 aliphatic heterocycles. The van der Waals surface area contributed by atoms with Crippen LogP contribution in [0.4, 0.5) is 13.2 Å². The van der Waals surface area contributed by atoms with Crippen molar-refractivity contribution in [3.05, 3.63) is 70.5 Å². The highest BCUT2D eigenvalue weighted by Gasteiger charge is 2.21. The lowest BCUT2D eigenvalue weighted by Crippen LogP contribution is -2.11. The molecule has 112 valence electrons. The molecule has 0 saturated heterocycles. The van der Waals surface area contributed by atoms with Gasteiger partial charge in [-0.05, 0) is 22.6 Å². The molecule has 1 unspecified atom stereocenters. The Labute approximate surface area is 122 Å². The summed E-state index contributed by atoms with van der Waals surface area (Å²) >= 11 is 0. The van der Waals surface area contributed by atoms with Crippen LogP contribution in [0.2, 0.25) is 0 Å². The van der Waals surface area contributed by atoms with Crippen molar-refractivity contribution in [1.82, 2.24) is 0 Å². The van der Waals surface area contributed by atoms with E-state index in [1.807, 2.05) is 32.9 Å². The molecule has 0 bridgehead atoms. The van der Waals surface area contributed by atoms with Crippen molar-refractivity contribution in [2.45, 2.75) is 32.3 Å². The van der Waals surface area contributed by atoms with Crippen molar-refractivity contribution in [2.75, 3.05) is 0 Å². The predicted molar refractivity (Wildman–Crippen MR) is 75.5 cm³/mol. The van der Waals surface area contributed by atoms with Crippen molar-refractivity contribution >= 4 is 0 Å². The van der Waals surface area contributed by atoms with Gasteiger partial charge in [0.15, 0.2) is 17.5 Å². The average molecular weight is 294 g/mol. The molecule has 2 aromatic rings. The Balaban J connectivity index is 2.37. The fraction of sp³-hybridized carbons (Fsp3) is 0.294. The van der Waals surface area contributed by atoms with Crippen molar-refractivity contribution in [3.63, 3.8) is 0 Å². The minimum Gasteiger partial charge on any atom is -0.384 e. The van der Waals surface area contributed by atoms with E-state index in [2.05, 4.69) is 0 Å². The number of rotatable bonds is 2. The molecule has 0 amide bonds. The highest BCUT2D eigenvalue weighted by molar-refractivity contribution is 5.35. The third-order valence-electron chi connectivity index (χ3n) is 3.45. The number of hydrogen-bond donors (Lipinski definition) is 1. The summed E-state index contributed by atoms with van der Waals surface area (Å²) < 4.78 is 39.8. The van der Waals surface area contributed by atoms with Crippen LogP contribution in [0.3, 0.4) is 0 Å². The van der Waals surface area contributed by atoms with Crippen LogP contribution in [-0.4, -0.2) is 5.11 Å². The van der Waals surface area contributed by atoms with Crippen LogP contribution in [0, 0.1) is 17.5 Å². The topological polar surface area (TPSA) is 20.2 Å². The maximum Gasteiger partial charge on any atom is 0.194 e. The molecule has 2 rings (SSSR count). The predicted octanol–water partition coefficient (Wildman–Crippen LogP) is 4.48. The summed E-state index contributed by atoms with van der Waals surface area (Å²) in [6, 6.07) is 8.83. The molecule has 4 heteroatoms. The first-order chi connectivity index (χ1) is 9.71. The van der Waals surface area contributed by atoms with E-state index < -0.39 is 23.6 Å². The lowest BCUT2D eigenvalue weighted by atomic mass is 9.86. The average Bonchev–Trinajstić information content (AvgIpc) is 2.43. The van der Waals surface area contributed by atoms with Crippen LogP contribution in [0.25, 0.3) is 0 Å². The van der Waals surface area contributed by atoms with Crippen LogP contribution in [-0.2, 0) is 5.41 Å². The molecule has 0 heterocycles. The van der Waals surface area contributed by atoms with Crippen molar-refractivity contribution < 1.29 is 18.3 Å². The third-order valence-corrected chi connectivity index (χ3v) is 3.45. The number of aliphatic hydroxyl groups is 1. The van der Waals surface area contributed by atoms with Gasteiger partial charge in [0.05, 0.1) is 0 Å². The van der Waals surface area contributed by atoms with Gasteiger partial charge in [0.2, 0.25) is 0 Å². The summed E-state index contributed by atoms with van der Waals surface area (Å²) in [7, 11) is 0. The van der Waals surface area contributed by atoms with Gasteiger partial charge in [0.1, 0.15) is 6.10 Å². The Bertz CT molecular complexity index is 642. The van der Waals surface area contributed by atoms with Gasteiger partial charge in [-0.3, -0.25) is 0 Å². The normalized spacial score (nSPS) is 13.3. The summed E-state index contributed by atoms with van der Waals surface area (Å²) in [4.78, 5) is 0. The van der Waals surface area contributed by atoms with Gasteiger partial charge in [-0.15, -0.1) is 0 Å². The molecular weight excluding hydrogens is 277 g/mol. The molecule has 2 aromatic carbocycles. The summed E-state index contributed by atoms with van der Waals surface area (Å²) in [6.07, 6.45) is -1.34. The molecule has 21 heavy (non-hydrogen) atoms. The van der Waals surface area contributed by atoms with E-state index >= 15 is 0 Å². The zero-order valence-electron chi connectivity index (χ0n) is 12.1. The molecule has 0 saturated carbocycles. The van der Waals surface area contributed by atoms with Gasteiger partial charge in [-0.2, -0.15) is 0 Å². The quantitative estimate of drug-likeness (QED) is 0.809. The van der Waals surface area contributed by atoms with Crippen molar-refractivity contribution in [2.24, 2.45) is 0 Å². The smallest absolute Gasteiger partial charge is 0.194 e. The zero-order valence-corrected chi connectivity index (χ0v) is 12.1. The maximum absolute atomic E-state index is 13.7. The van der Waals surface area contributed by atoms with Crippen LogP contribution < -0.4 is 0 Å². The Morgan fingerprint density at radius 3 is 1.95 bits per heavy atom. The maximum atomic E-state index is 13.7. The van der Waals surface area contributed by atoms with Crippen LogP contribution in [0.1, 0.15) is 43.6 Å². The van der Waals surface area contributed by atoms with Crippen molar-refractivity contribution in [3.8, 4) is 0 Å². The third kappa shape index (κ3) is 3.10. The molecule has 0 radical (unpaired) electrons. The lowest BCUT2D eigenvalue weighted by molar-refractivity contribution is 0.212. The number of halogens is 3. The second-order valence-corrected chi connectivity index (χ2v) is 6.04. The standard InChI is InChI=1S/C17H17F3O/c1-17(2,3)11-6-4-10(5-7-11)16(21)12-8-9-13(18)15(20)14(12)19/h4-9,16,21H,1-3H3. The molecule has 1 atom stereocenters. The Hall–Kier alpha value is -1.81. The molecule has 0 fully saturated rings. The Morgan fingerprint density at radius 1 is 0.857 bits per heavy atom. The second kappa shape index (κ2) is 5.53. The van der Waals surface area contributed by atoms with Gasteiger partial charge < -0.3 is 5.11 Å². The highest BCUT2D eigenvalue weighted by Crippen LogP contribution is 2.29. The summed E-state index contributed by atoms with van der Waals surface area (Å²) in [5.41, 5.74) is 1.16. The first-order valence-corrected chi connectivity index (χ1v) is 6.63. The minimum atomic E-state index is -1.57. The second-order valence-electron chi connectivity index (χ2n) is 6.04. The molecule has 1 nitrogen and oxygen atoms in total. The Kier molecular flexibility index (Phi) is 4.10. The fourth-order valence-electron chi connectivity index (χ4n) is 2.10. The molecule has 1 N–H and O–H groups in total. The number of hydrogen-bond acceptors (Lipinski definition) is 1. The van der Waals surface area contributed by atoms with Gasteiger partial charge >= 0.3 is 0 Å². The highest BCUT2D eigenvalue weighted by atomic mass is 19.2. The van der Waals surface area contributed by atoms with E-state index in [-0.39, 0.29) is 11.0 Å². The van der Waals surface area contributed by atoms with Crippen molar-refractivity contribution in [1.29, 1.82) is 0 Å². The first-order valence-electron chi connectivity index (χ1n) is 6.63. The van der Waals surface area contributed by atoms with Crippen LogP contribution in [0.15, 0.2) is 36.4 Å². The summed E-state index contributed by atoms with van der Waals surface area (Å²) in [6.45, 7) is 6.15. The summed E-state index contributed by atoms with van der Waals surface area (Å²) in [5.74, 6) is -4.20. The Morgan fingerprint density at radius 2 is 1.43 bits per heavy atom.